The Hall–Kier alpha value is -2.55. The molecule has 2 unspecified atom stereocenters. The van der Waals surface area contributed by atoms with E-state index in [2.05, 4.69) is 86.8 Å². The molecular formula is C68H125NO8P+. The number of hydrogen-bond acceptors (Lipinski definition) is 7. The van der Waals surface area contributed by atoms with Gasteiger partial charge in [0.1, 0.15) is 19.8 Å². The molecule has 0 heterocycles. The average molecular weight is 1120 g/mol. The van der Waals surface area contributed by atoms with E-state index in [4.69, 9.17) is 18.5 Å². The molecule has 0 aliphatic rings. The molecule has 9 nitrogen and oxygen atoms in total. The van der Waals surface area contributed by atoms with Gasteiger partial charge in [-0.2, -0.15) is 0 Å². The van der Waals surface area contributed by atoms with Crippen molar-refractivity contribution in [1.82, 2.24) is 0 Å². The highest BCUT2D eigenvalue weighted by Gasteiger charge is 2.27. The van der Waals surface area contributed by atoms with Crippen LogP contribution in [0.2, 0.25) is 0 Å². The quantitative estimate of drug-likeness (QED) is 0.0211. The van der Waals surface area contributed by atoms with E-state index in [1.807, 2.05) is 21.1 Å². The maximum atomic E-state index is 12.9. The van der Waals surface area contributed by atoms with E-state index in [-0.39, 0.29) is 32.0 Å². The number of carbonyl (C=O) groups is 2. The first kappa shape index (κ1) is 75.5. The lowest BCUT2D eigenvalue weighted by Gasteiger charge is -2.24. The van der Waals surface area contributed by atoms with Crippen LogP contribution in [0.15, 0.2) is 72.9 Å². The maximum absolute atomic E-state index is 12.9. The number of ether oxygens (including phenoxy) is 2. The van der Waals surface area contributed by atoms with E-state index in [1.165, 1.54) is 199 Å². The van der Waals surface area contributed by atoms with Gasteiger partial charge in [0.05, 0.1) is 27.7 Å². The second-order valence-corrected chi connectivity index (χ2v) is 24.6. The summed E-state index contributed by atoms with van der Waals surface area (Å²) in [5.74, 6) is -0.794. The third kappa shape index (κ3) is 62.6. The highest BCUT2D eigenvalue weighted by molar-refractivity contribution is 7.47. The Morgan fingerprint density at radius 1 is 0.397 bits per heavy atom. The van der Waals surface area contributed by atoms with E-state index in [0.29, 0.717) is 17.4 Å². The smallest absolute Gasteiger partial charge is 0.462 e. The minimum absolute atomic E-state index is 0.0292. The fourth-order valence-electron chi connectivity index (χ4n) is 9.15. The molecule has 0 saturated carbocycles. The zero-order valence-electron chi connectivity index (χ0n) is 51.6. The molecule has 0 amide bonds. The molecule has 454 valence electrons. The molecule has 0 fully saturated rings. The highest BCUT2D eigenvalue weighted by atomic mass is 31.2. The molecule has 0 saturated heterocycles. The Balaban J connectivity index is 4.11. The Labute approximate surface area is 482 Å². The highest BCUT2D eigenvalue weighted by Crippen LogP contribution is 2.43. The van der Waals surface area contributed by atoms with Crippen molar-refractivity contribution in [2.24, 2.45) is 0 Å². The third-order valence-electron chi connectivity index (χ3n) is 14.2. The van der Waals surface area contributed by atoms with Crippen molar-refractivity contribution in [2.45, 2.75) is 302 Å². The largest absolute Gasteiger partial charge is 0.472 e. The molecule has 0 bridgehead atoms. The van der Waals surface area contributed by atoms with E-state index in [9.17, 15) is 19.0 Å². The maximum Gasteiger partial charge on any atom is 0.472 e. The molecule has 0 spiro atoms. The third-order valence-corrected chi connectivity index (χ3v) is 15.2. The van der Waals surface area contributed by atoms with Crippen LogP contribution in [0.5, 0.6) is 0 Å². The zero-order valence-corrected chi connectivity index (χ0v) is 52.5. The normalized spacial score (nSPS) is 13.7. The molecule has 2 atom stereocenters. The molecular weight excluding hydrogens is 990 g/mol. The number of esters is 2. The first-order valence-corrected chi connectivity index (χ1v) is 34.2. The predicted molar refractivity (Wildman–Crippen MR) is 335 cm³/mol. The average Bonchev–Trinajstić information content (AvgIpc) is 3.41. The fourth-order valence-corrected chi connectivity index (χ4v) is 9.89. The van der Waals surface area contributed by atoms with E-state index >= 15 is 0 Å². The van der Waals surface area contributed by atoms with Crippen molar-refractivity contribution in [3.05, 3.63) is 72.9 Å². The van der Waals surface area contributed by atoms with Gasteiger partial charge in [-0.3, -0.25) is 18.6 Å². The molecule has 78 heavy (non-hydrogen) atoms. The van der Waals surface area contributed by atoms with Gasteiger partial charge in [-0.15, -0.1) is 0 Å². The summed E-state index contributed by atoms with van der Waals surface area (Å²) in [4.78, 5) is 35.8. The van der Waals surface area contributed by atoms with Crippen molar-refractivity contribution in [2.75, 3.05) is 47.5 Å². The van der Waals surface area contributed by atoms with Crippen LogP contribution in [0.25, 0.3) is 0 Å². The minimum atomic E-state index is -4.39. The molecule has 0 rings (SSSR count). The zero-order chi connectivity index (χ0) is 57.0. The molecule has 0 aromatic rings. The summed E-state index contributed by atoms with van der Waals surface area (Å²) in [6.07, 6.45) is 78.4. The van der Waals surface area contributed by atoms with Crippen LogP contribution in [0.3, 0.4) is 0 Å². The second-order valence-electron chi connectivity index (χ2n) is 23.1. The van der Waals surface area contributed by atoms with Crippen LogP contribution >= 0.6 is 7.82 Å². The Kier molecular flexibility index (Phi) is 57.2. The van der Waals surface area contributed by atoms with E-state index in [0.717, 1.165) is 64.2 Å². The van der Waals surface area contributed by atoms with Crippen molar-refractivity contribution in [1.29, 1.82) is 0 Å². The lowest BCUT2D eigenvalue weighted by Crippen LogP contribution is -2.37. The number of rotatable bonds is 60. The van der Waals surface area contributed by atoms with Crippen molar-refractivity contribution in [3.8, 4) is 0 Å². The van der Waals surface area contributed by atoms with Gasteiger partial charge in [-0.25, -0.2) is 4.57 Å². The number of phosphoric acid groups is 1. The number of unbranched alkanes of at least 4 members (excludes halogenated alkanes) is 34. The van der Waals surface area contributed by atoms with Crippen molar-refractivity contribution >= 4 is 19.8 Å². The molecule has 0 aliphatic heterocycles. The van der Waals surface area contributed by atoms with Gasteiger partial charge in [0, 0.05) is 12.8 Å². The SMILES string of the molecule is CCCCCCC/C=C\C/C=C\C/C=C\CCCCCCCCCCCCCCC(=O)OCC(COP(=O)(O)OCC[N+](C)(C)C)OC(=O)CCCCCCCCCCCCCC/C=C\C/C=C\C/C=C\CCCCCCC. The molecule has 10 heteroatoms. The summed E-state index contributed by atoms with van der Waals surface area (Å²) in [5.41, 5.74) is 0. The van der Waals surface area contributed by atoms with Gasteiger partial charge in [0.25, 0.3) is 0 Å². The number of nitrogens with zero attached hydrogens (tertiary/aromatic N) is 1. The lowest BCUT2D eigenvalue weighted by molar-refractivity contribution is -0.870. The first-order chi connectivity index (χ1) is 38.0. The summed E-state index contributed by atoms with van der Waals surface area (Å²) in [7, 11) is 1.48. The van der Waals surface area contributed by atoms with E-state index in [1.54, 1.807) is 0 Å². The van der Waals surface area contributed by atoms with Crippen LogP contribution in [0, 0.1) is 0 Å². The lowest BCUT2D eigenvalue weighted by atomic mass is 10.0. The van der Waals surface area contributed by atoms with Gasteiger partial charge < -0.3 is 18.9 Å². The predicted octanol–water partition coefficient (Wildman–Crippen LogP) is 20.8. The minimum Gasteiger partial charge on any atom is -0.462 e. The fraction of sp³-hybridized carbons (Fsp3) is 0.794. The summed E-state index contributed by atoms with van der Waals surface area (Å²) in [6, 6.07) is 0. The van der Waals surface area contributed by atoms with E-state index < -0.39 is 26.5 Å². The number of likely N-dealkylation sites (N-methyl/N-ethyl adjacent to an activating group) is 1. The van der Waals surface area contributed by atoms with Gasteiger partial charge in [0.15, 0.2) is 6.10 Å². The van der Waals surface area contributed by atoms with Crippen LogP contribution in [-0.4, -0.2) is 74.9 Å². The van der Waals surface area contributed by atoms with Gasteiger partial charge in [0.2, 0.25) is 0 Å². The summed E-state index contributed by atoms with van der Waals surface area (Å²) >= 11 is 0. The topological polar surface area (TPSA) is 108 Å². The van der Waals surface area contributed by atoms with Crippen LogP contribution < -0.4 is 0 Å². The number of allylic oxidation sites excluding steroid dienone is 12. The first-order valence-electron chi connectivity index (χ1n) is 32.7. The molecule has 1 N–H and O–H groups in total. The van der Waals surface area contributed by atoms with Crippen LogP contribution in [0.1, 0.15) is 296 Å². The summed E-state index contributed by atoms with van der Waals surface area (Å²) in [5, 5.41) is 0. The molecule has 0 aromatic heterocycles. The van der Waals surface area contributed by atoms with Gasteiger partial charge in [-0.05, 0) is 89.9 Å². The standard InChI is InChI=1S/C68H124NO8P/c1-6-8-10-12-14-16-18-20-22-24-26-28-30-32-34-36-38-40-42-44-46-48-50-52-54-56-58-60-67(70)74-64-66(65-76-78(72,73)75-63-62-69(3,4)5)77-68(71)61-59-57-55-53-51-49-47-45-43-41-39-37-35-33-31-29-27-25-23-21-19-17-15-13-11-9-7-2/h18-21,24-27,30-33,66H,6-17,22-23,28-29,34-65H2,1-5H3/p+1/b20-18-,21-19-,26-24-,27-25-,32-30-,33-31-. The Bertz CT molecular complexity index is 1550. The number of carbonyl (C=O) groups excluding carboxylic acids is 2. The van der Waals surface area contributed by atoms with Crippen LogP contribution in [0.4, 0.5) is 0 Å². The molecule has 0 aromatic carbocycles. The van der Waals surface area contributed by atoms with Crippen molar-refractivity contribution in [3.63, 3.8) is 0 Å². The summed E-state index contributed by atoms with van der Waals surface area (Å²) < 4.78 is 34.7. The number of quaternary nitrogens is 1. The number of hydrogen-bond donors (Lipinski definition) is 1. The monoisotopic (exact) mass is 1110 g/mol. The van der Waals surface area contributed by atoms with Gasteiger partial charge >= 0.3 is 19.8 Å². The van der Waals surface area contributed by atoms with Gasteiger partial charge in [-0.1, -0.05) is 267 Å². The number of phosphoric ester groups is 1. The Morgan fingerprint density at radius 3 is 1.03 bits per heavy atom. The molecule has 0 radical (unpaired) electrons. The molecule has 0 aliphatic carbocycles. The van der Waals surface area contributed by atoms with Crippen molar-refractivity contribution < 1.29 is 42.1 Å². The Morgan fingerprint density at radius 2 is 0.692 bits per heavy atom. The van der Waals surface area contributed by atoms with Crippen LogP contribution in [-0.2, 0) is 32.7 Å². The second kappa shape index (κ2) is 59.1. The summed E-state index contributed by atoms with van der Waals surface area (Å²) in [6.45, 7) is 4.44.